The van der Waals surface area contributed by atoms with Crippen LogP contribution in [0.15, 0.2) is 46.8 Å². The number of aliphatic carboxylic acids is 1. The molecule has 1 aromatic carbocycles. The van der Waals surface area contributed by atoms with Crippen molar-refractivity contribution in [2.45, 2.75) is 19.4 Å². The summed E-state index contributed by atoms with van der Waals surface area (Å²) in [6, 6.07) is 5.71. The largest absolute Gasteiger partial charge is 0.480 e. The van der Waals surface area contributed by atoms with Crippen LogP contribution in [0.25, 0.3) is 6.08 Å². The Balaban J connectivity index is 2.15. The summed E-state index contributed by atoms with van der Waals surface area (Å²) in [6.45, 7) is 1.61. The summed E-state index contributed by atoms with van der Waals surface area (Å²) in [5, 5.41) is 20.5. The van der Waals surface area contributed by atoms with E-state index >= 15 is 0 Å². The van der Waals surface area contributed by atoms with Crippen molar-refractivity contribution in [3.63, 3.8) is 0 Å². The number of fused-ring (bicyclic) bond motifs is 1. The predicted molar refractivity (Wildman–Crippen MR) is 89.6 cm³/mol. The minimum Gasteiger partial charge on any atom is -0.480 e. The smallest absolute Gasteiger partial charge is 0.326 e. The fraction of sp³-hybridized carbons (Fsp3) is 0.176. The molecule has 1 N–H and O–H groups in total. The first-order valence-electron chi connectivity index (χ1n) is 7.70. The summed E-state index contributed by atoms with van der Waals surface area (Å²) in [5.74, 6) is -1.59. The second-order valence-electron chi connectivity index (χ2n) is 5.47. The van der Waals surface area contributed by atoms with E-state index in [0.29, 0.717) is 5.76 Å². The van der Waals surface area contributed by atoms with Gasteiger partial charge in [-0.1, -0.05) is 6.92 Å². The van der Waals surface area contributed by atoms with Crippen molar-refractivity contribution in [2.75, 3.05) is 4.90 Å². The van der Waals surface area contributed by atoms with E-state index < -0.39 is 22.8 Å². The normalized spacial score (nSPS) is 16.1. The average Bonchev–Trinajstić information content (AvgIpc) is 3.10. The number of nitro groups is 1. The molecule has 1 atom stereocenters. The number of carbonyl (C=O) groups excluding carboxylic acids is 1. The molecule has 1 aliphatic heterocycles. The second-order valence-corrected chi connectivity index (χ2v) is 5.47. The van der Waals surface area contributed by atoms with Crippen molar-refractivity contribution in [3.05, 3.63) is 58.2 Å². The number of ether oxygens (including phenoxy) is 1. The van der Waals surface area contributed by atoms with E-state index in [-0.39, 0.29) is 29.3 Å². The molecule has 1 unspecified atom stereocenters. The lowest BCUT2D eigenvalue weighted by atomic mass is 10.1. The van der Waals surface area contributed by atoms with Crippen LogP contribution in [-0.2, 0) is 9.59 Å². The van der Waals surface area contributed by atoms with E-state index in [1.807, 2.05) is 0 Å². The van der Waals surface area contributed by atoms with E-state index in [4.69, 9.17) is 9.15 Å². The van der Waals surface area contributed by atoms with Gasteiger partial charge in [0.2, 0.25) is 0 Å². The van der Waals surface area contributed by atoms with Crippen LogP contribution in [0.1, 0.15) is 19.1 Å². The molecule has 0 spiro atoms. The monoisotopic (exact) mass is 358 g/mol. The number of amides is 1. The summed E-state index contributed by atoms with van der Waals surface area (Å²) >= 11 is 0. The summed E-state index contributed by atoms with van der Waals surface area (Å²) in [5.41, 5.74) is -0.237. The van der Waals surface area contributed by atoms with Crippen molar-refractivity contribution in [3.8, 4) is 5.75 Å². The van der Waals surface area contributed by atoms with Crippen LogP contribution >= 0.6 is 0 Å². The molecule has 2 heterocycles. The van der Waals surface area contributed by atoms with Gasteiger partial charge in [0, 0.05) is 18.2 Å². The van der Waals surface area contributed by atoms with Crippen molar-refractivity contribution in [1.29, 1.82) is 0 Å². The van der Waals surface area contributed by atoms with Crippen molar-refractivity contribution in [2.24, 2.45) is 0 Å². The van der Waals surface area contributed by atoms with Crippen LogP contribution < -0.4 is 9.64 Å². The number of nitro benzene ring substituents is 1. The number of hydrogen-bond donors (Lipinski definition) is 1. The maximum atomic E-state index is 12.9. The SMILES string of the molecule is CCC(C(=O)O)N1C(=O)/C(=C\c2ccco2)Oc2ccc([N+](=O)[O-])cc21. The molecule has 1 amide bonds. The fourth-order valence-electron chi connectivity index (χ4n) is 2.65. The van der Waals surface area contributed by atoms with Gasteiger partial charge in [-0.15, -0.1) is 0 Å². The molecule has 0 aliphatic carbocycles. The number of rotatable bonds is 5. The molecule has 0 saturated carbocycles. The van der Waals surface area contributed by atoms with Gasteiger partial charge in [0.25, 0.3) is 11.6 Å². The summed E-state index contributed by atoms with van der Waals surface area (Å²) < 4.78 is 10.7. The highest BCUT2D eigenvalue weighted by Crippen LogP contribution is 2.40. The van der Waals surface area contributed by atoms with E-state index in [0.717, 1.165) is 11.0 Å². The Morgan fingerprint density at radius 3 is 2.77 bits per heavy atom. The number of non-ortho nitro benzene ring substituents is 1. The second kappa shape index (κ2) is 6.71. The van der Waals surface area contributed by atoms with Crippen LogP contribution in [0.3, 0.4) is 0 Å². The Kier molecular flexibility index (Phi) is 4.44. The molecule has 9 heteroatoms. The quantitative estimate of drug-likeness (QED) is 0.495. The van der Waals surface area contributed by atoms with Gasteiger partial charge in [0.1, 0.15) is 11.8 Å². The average molecular weight is 358 g/mol. The number of furan rings is 1. The number of carboxylic acids is 1. The zero-order chi connectivity index (χ0) is 18.8. The lowest BCUT2D eigenvalue weighted by Gasteiger charge is -2.33. The van der Waals surface area contributed by atoms with E-state index in [2.05, 4.69) is 0 Å². The van der Waals surface area contributed by atoms with Gasteiger partial charge in [-0.05, 0) is 24.6 Å². The van der Waals surface area contributed by atoms with Gasteiger partial charge in [0.05, 0.1) is 16.9 Å². The van der Waals surface area contributed by atoms with Gasteiger partial charge in [-0.25, -0.2) is 4.79 Å². The Morgan fingerprint density at radius 1 is 1.42 bits per heavy atom. The van der Waals surface area contributed by atoms with Crippen LogP contribution in [0, 0.1) is 10.1 Å². The van der Waals surface area contributed by atoms with E-state index in [1.165, 1.54) is 24.5 Å². The predicted octanol–water partition coefficient (Wildman–Crippen LogP) is 2.82. The molecule has 0 fully saturated rings. The Labute approximate surface area is 147 Å². The third-order valence-corrected chi connectivity index (χ3v) is 3.86. The van der Waals surface area contributed by atoms with Gasteiger partial charge < -0.3 is 14.3 Å². The summed E-state index contributed by atoms with van der Waals surface area (Å²) in [4.78, 5) is 35.9. The Morgan fingerprint density at radius 2 is 2.19 bits per heavy atom. The standard InChI is InChI=1S/C17H14N2O7/c1-2-12(17(21)22)18-13-8-10(19(23)24)5-6-14(13)26-15(16(18)20)9-11-4-3-7-25-11/h3-9,12H,2H2,1H3,(H,21,22)/b15-9+. The van der Waals surface area contributed by atoms with Crippen molar-refractivity contribution < 1.29 is 28.8 Å². The molecule has 0 radical (unpaired) electrons. The molecule has 3 rings (SSSR count). The maximum absolute atomic E-state index is 12.9. The van der Waals surface area contributed by atoms with Gasteiger partial charge >= 0.3 is 5.97 Å². The first kappa shape index (κ1) is 17.2. The van der Waals surface area contributed by atoms with E-state index in [1.54, 1.807) is 19.1 Å². The summed E-state index contributed by atoms with van der Waals surface area (Å²) in [6.07, 6.45) is 2.87. The number of carbonyl (C=O) groups is 2. The molecular weight excluding hydrogens is 344 g/mol. The van der Waals surface area contributed by atoms with Crippen molar-refractivity contribution >= 4 is 29.3 Å². The summed E-state index contributed by atoms with van der Waals surface area (Å²) in [7, 11) is 0. The number of nitrogens with zero attached hydrogens (tertiary/aromatic N) is 2. The molecule has 9 nitrogen and oxygen atoms in total. The van der Waals surface area contributed by atoms with Gasteiger partial charge in [-0.3, -0.25) is 19.8 Å². The van der Waals surface area contributed by atoms with Gasteiger partial charge in [-0.2, -0.15) is 0 Å². The first-order valence-corrected chi connectivity index (χ1v) is 7.70. The zero-order valence-corrected chi connectivity index (χ0v) is 13.6. The first-order chi connectivity index (χ1) is 12.4. The number of hydrogen-bond acceptors (Lipinski definition) is 6. The highest BCUT2D eigenvalue weighted by atomic mass is 16.6. The Bertz CT molecular complexity index is 902. The highest BCUT2D eigenvalue weighted by molar-refractivity contribution is 6.12. The molecule has 1 aromatic heterocycles. The molecule has 2 aromatic rings. The minimum absolute atomic E-state index is 0.0371. The Hall–Kier alpha value is -3.62. The highest BCUT2D eigenvalue weighted by Gasteiger charge is 2.39. The topological polar surface area (TPSA) is 123 Å². The molecule has 0 saturated heterocycles. The minimum atomic E-state index is -1.22. The van der Waals surface area contributed by atoms with Crippen LogP contribution in [-0.4, -0.2) is 27.9 Å². The van der Waals surface area contributed by atoms with E-state index in [9.17, 15) is 24.8 Å². The van der Waals surface area contributed by atoms with Gasteiger partial charge in [0.15, 0.2) is 11.5 Å². The number of benzene rings is 1. The molecular formula is C17H14N2O7. The number of carboxylic acid groups (broad SMARTS) is 1. The fourth-order valence-corrected chi connectivity index (χ4v) is 2.65. The van der Waals surface area contributed by atoms with Crippen LogP contribution in [0.4, 0.5) is 11.4 Å². The lowest BCUT2D eigenvalue weighted by Crippen LogP contribution is -2.48. The third-order valence-electron chi connectivity index (χ3n) is 3.86. The van der Waals surface area contributed by atoms with Crippen molar-refractivity contribution in [1.82, 2.24) is 0 Å². The maximum Gasteiger partial charge on any atom is 0.326 e. The van der Waals surface area contributed by atoms with Crippen LogP contribution in [0.5, 0.6) is 5.75 Å². The molecule has 1 aliphatic rings. The number of anilines is 1. The molecule has 0 bridgehead atoms. The zero-order valence-electron chi connectivity index (χ0n) is 13.6. The lowest BCUT2D eigenvalue weighted by molar-refractivity contribution is -0.384. The molecule has 26 heavy (non-hydrogen) atoms. The molecule has 134 valence electrons. The third kappa shape index (κ3) is 3.02. The van der Waals surface area contributed by atoms with Crippen LogP contribution in [0.2, 0.25) is 0 Å².